The number of aliphatic hydroxyl groups excluding tert-OH is 1. The van der Waals surface area contributed by atoms with E-state index in [0.717, 1.165) is 12.8 Å². The lowest BCUT2D eigenvalue weighted by Crippen LogP contribution is -2.58. The average molecular weight is 602 g/mol. The summed E-state index contributed by atoms with van der Waals surface area (Å²) >= 11 is 0. The highest BCUT2D eigenvalue weighted by Gasteiger charge is 2.59. The lowest BCUT2D eigenvalue weighted by atomic mass is 9.47. The van der Waals surface area contributed by atoms with Crippen LogP contribution in [0.3, 0.4) is 0 Å². The molecule has 43 heavy (non-hydrogen) atoms. The van der Waals surface area contributed by atoms with E-state index in [-0.39, 0.29) is 53.2 Å². The molecule has 7 atom stereocenters. The second-order valence-corrected chi connectivity index (χ2v) is 13.5. The fourth-order valence-electron chi connectivity index (χ4n) is 7.59. The molecule has 3 N–H and O–H groups in total. The van der Waals surface area contributed by atoms with Crippen molar-refractivity contribution in [2.24, 2.45) is 28.1 Å². The molecule has 1 amide bonds. The number of likely N-dealkylation sites (N-methyl/N-ethyl adjacent to an activating group) is 1. The fourth-order valence-corrected chi connectivity index (χ4v) is 7.59. The van der Waals surface area contributed by atoms with E-state index in [9.17, 15) is 24.5 Å². The summed E-state index contributed by atoms with van der Waals surface area (Å²) in [7, 11) is 0.129. The van der Waals surface area contributed by atoms with Gasteiger partial charge in [-0.2, -0.15) is 0 Å². The van der Waals surface area contributed by atoms with Crippen LogP contribution in [-0.4, -0.2) is 60.8 Å². The van der Waals surface area contributed by atoms with Crippen LogP contribution in [0, 0.1) is 33.9 Å². The van der Waals surface area contributed by atoms with Crippen LogP contribution in [0.1, 0.15) is 78.7 Å². The Morgan fingerprint density at radius 3 is 2.65 bits per heavy atom. The number of ether oxygens (including phenoxy) is 2. The Morgan fingerprint density at radius 2 is 1.98 bits per heavy atom. The molecule has 4 rings (SSSR count). The number of benzene rings is 1. The molecular formula is C32H45BFNO8. The van der Waals surface area contributed by atoms with Crippen molar-refractivity contribution < 1.29 is 43.0 Å². The minimum Gasteiger partial charge on any atom is -0.479 e. The van der Waals surface area contributed by atoms with Crippen LogP contribution in [0.4, 0.5) is 4.39 Å². The summed E-state index contributed by atoms with van der Waals surface area (Å²) in [6.07, 6.45) is 5.10. The predicted octanol–water partition coefficient (Wildman–Crippen LogP) is 3.23. The quantitative estimate of drug-likeness (QED) is 0.224. The number of Topliss-reactive ketones (excluding diaryl/α,β-unsaturated/α-hetero) is 1. The standard InChI is InChI=1S/C32H45BFNO8/c1-19-9-13-32(14-10-20(2)36)18-31(19,5)24(15-30(4,29(39)21(32)3)12-11-25(37)35-6)43-26(38)17-41-23-8-7-22-16-42-33(40)27(22)28(23)34/h7-8,11-12,19,21,24,29,39-40H,9-10,13-18H2,1-6H3,(H,35,37)/b12-11+/t19-,21+,24-,29+,30-,31+,32-/m1/s1. The van der Waals surface area contributed by atoms with Gasteiger partial charge in [-0.05, 0) is 74.0 Å². The Morgan fingerprint density at radius 1 is 1.26 bits per heavy atom. The van der Waals surface area contributed by atoms with Gasteiger partial charge in [-0.3, -0.25) is 4.79 Å². The average Bonchev–Trinajstić information content (AvgIpc) is 3.35. The van der Waals surface area contributed by atoms with E-state index in [1.807, 2.05) is 13.8 Å². The van der Waals surface area contributed by atoms with Crippen LogP contribution < -0.4 is 15.5 Å². The van der Waals surface area contributed by atoms with Crippen molar-refractivity contribution >= 4 is 30.2 Å². The third-order valence-corrected chi connectivity index (χ3v) is 10.7. The van der Waals surface area contributed by atoms with E-state index in [0.29, 0.717) is 24.8 Å². The Hall–Kier alpha value is -2.76. The Bertz CT molecular complexity index is 1270. The molecule has 1 aromatic carbocycles. The monoisotopic (exact) mass is 601 g/mol. The van der Waals surface area contributed by atoms with Gasteiger partial charge in [-0.15, -0.1) is 0 Å². The first kappa shape index (κ1) is 33.1. The molecule has 1 aromatic rings. The van der Waals surface area contributed by atoms with Crippen LogP contribution >= 0.6 is 0 Å². The number of esters is 1. The van der Waals surface area contributed by atoms with Gasteiger partial charge in [0.25, 0.3) is 0 Å². The fraction of sp³-hybridized carbons (Fsp3) is 0.656. The Labute approximate surface area is 253 Å². The van der Waals surface area contributed by atoms with Crippen molar-refractivity contribution in [3.05, 3.63) is 35.7 Å². The number of hydrogen-bond acceptors (Lipinski definition) is 8. The van der Waals surface area contributed by atoms with E-state index < -0.39 is 48.5 Å². The second-order valence-electron chi connectivity index (χ2n) is 13.5. The van der Waals surface area contributed by atoms with Gasteiger partial charge in [0.2, 0.25) is 5.91 Å². The second kappa shape index (κ2) is 12.7. The van der Waals surface area contributed by atoms with Crippen LogP contribution in [0.5, 0.6) is 5.75 Å². The Kier molecular flexibility index (Phi) is 9.78. The zero-order chi connectivity index (χ0) is 31.7. The third-order valence-electron chi connectivity index (χ3n) is 10.7. The van der Waals surface area contributed by atoms with Gasteiger partial charge < -0.3 is 34.4 Å². The van der Waals surface area contributed by atoms with Crippen LogP contribution in [0.2, 0.25) is 0 Å². The van der Waals surface area contributed by atoms with Crippen molar-refractivity contribution in [2.45, 2.75) is 92.0 Å². The summed E-state index contributed by atoms with van der Waals surface area (Å²) in [6.45, 7) is 9.23. The molecule has 0 radical (unpaired) electrons. The summed E-state index contributed by atoms with van der Waals surface area (Å²) < 4.78 is 31.8. The molecule has 236 valence electrons. The zero-order valence-electron chi connectivity index (χ0n) is 26.1. The summed E-state index contributed by atoms with van der Waals surface area (Å²) in [5.74, 6) is -1.95. The number of ketones is 1. The highest BCUT2D eigenvalue weighted by atomic mass is 19.1. The predicted molar refractivity (Wildman–Crippen MR) is 159 cm³/mol. The van der Waals surface area contributed by atoms with Crippen molar-refractivity contribution in [3.63, 3.8) is 0 Å². The molecule has 11 heteroatoms. The molecule has 9 nitrogen and oxygen atoms in total. The molecular weight excluding hydrogens is 556 g/mol. The molecule has 0 saturated heterocycles. The van der Waals surface area contributed by atoms with Gasteiger partial charge in [0.05, 0.1) is 12.7 Å². The molecule has 2 aliphatic carbocycles. The van der Waals surface area contributed by atoms with Gasteiger partial charge >= 0.3 is 13.1 Å². The van der Waals surface area contributed by atoms with E-state index in [4.69, 9.17) is 14.1 Å². The third kappa shape index (κ3) is 6.54. The molecule has 1 heterocycles. The summed E-state index contributed by atoms with van der Waals surface area (Å²) in [5.41, 5.74) is -1.33. The van der Waals surface area contributed by atoms with Gasteiger partial charge in [-0.1, -0.05) is 39.8 Å². The molecule has 2 bridgehead atoms. The first-order valence-electron chi connectivity index (χ1n) is 15.2. The van der Waals surface area contributed by atoms with Crippen molar-refractivity contribution in [2.75, 3.05) is 13.7 Å². The number of aliphatic hydroxyl groups is 1. The minimum atomic E-state index is -1.40. The maximum Gasteiger partial charge on any atom is 0.494 e. The van der Waals surface area contributed by atoms with Gasteiger partial charge in [-0.25, -0.2) is 9.18 Å². The van der Waals surface area contributed by atoms with Crippen molar-refractivity contribution in [1.82, 2.24) is 5.32 Å². The lowest BCUT2D eigenvalue weighted by molar-refractivity contribution is -0.190. The first-order chi connectivity index (χ1) is 20.2. The number of fused-ring (bicyclic) bond motifs is 3. The minimum absolute atomic E-state index is 0.00175. The maximum absolute atomic E-state index is 15.0. The SMILES string of the molecule is CNC(=O)/C=C/[C@]1(C)C[C@@H](OC(=O)COc2ccc3c(c2F)B(O)OC3)[C@@]2(C)C[C@](CCC(C)=O)(CC[C@H]2C)[C@@H](C)[C@@H]1O. The van der Waals surface area contributed by atoms with Crippen LogP contribution in [0.15, 0.2) is 24.3 Å². The number of hydrogen-bond donors (Lipinski definition) is 3. The molecule has 2 fully saturated rings. The first-order valence-corrected chi connectivity index (χ1v) is 15.2. The number of amides is 1. The van der Waals surface area contributed by atoms with E-state index >= 15 is 4.39 Å². The van der Waals surface area contributed by atoms with E-state index in [1.165, 1.54) is 19.2 Å². The van der Waals surface area contributed by atoms with Gasteiger partial charge in [0, 0.05) is 29.8 Å². The number of carbonyl (C=O) groups is 3. The van der Waals surface area contributed by atoms with E-state index in [2.05, 4.69) is 19.2 Å². The molecule has 0 aromatic heterocycles. The van der Waals surface area contributed by atoms with Crippen LogP contribution in [-0.2, 0) is 30.4 Å². The number of nitrogens with one attached hydrogen (secondary N) is 1. The molecule has 3 aliphatic rings. The maximum atomic E-state index is 15.0. The molecule has 1 aliphatic heterocycles. The normalized spacial score (nSPS) is 33.8. The van der Waals surface area contributed by atoms with Crippen molar-refractivity contribution in [3.8, 4) is 5.75 Å². The van der Waals surface area contributed by atoms with E-state index in [1.54, 1.807) is 19.1 Å². The summed E-state index contributed by atoms with van der Waals surface area (Å²) in [4.78, 5) is 37.7. The highest BCUT2D eigenvalue weighted by Crippen LogP contribution is 2.62. The molecule has 0 unspecified atom stereocenters. The number of carbonyl (C=O) groups excluding carboxylic acids is 3. The highest BCUT2D eigenvalue weighted by molar-refractivity contribution is 6.61. The van der Waals surface area contributed by atoms with Crippen LogP contribution in [0.25, 0.3) is 0 Å². The van der Waals surface area contributed by atoms with Gasteiger partial charge in [0.15, 0.2) is 18.2 Å². The number of rotatable bonds is 9. The number of halogens is 1. The zero-order valence-corrected chi connectivity index (χ0v) is 26.1. The molecule has 0 spiro atoms. The smallest absolute Gasteiger partial charge is 0.479 e. The summed E-state index contributed by atoms with van der Waals surface area (Å²) in [5, 5.41) is 24.4. The van der Waals surface area contributed by atoms with Gasteiger partial charge in [0.1, 0.15) is 11.9 Å². The largest absolute Gasteiger partial charge is 0.494 e. The topological polar surface area (TPSA) is 131 Å². The molecule has 2 saturated carbocycles. The lowest BCUT2D eigenvalue weighted by Gasteiger charge is -2.60. The summed E-state index contributed by atoms with van der Waals surface area (Å²) in [6, 6.07) is 2.98. The van der Waals surface area contributed by atoms with Crippen molar-refractivity contribution in [1.29, 1.82) is 0 Å². The Balaban J connectivity index is 1.65.